The highest BCUT2D eigenvalue weighted by molar-refractivity contribution is 7.89. The lowest BCUT2D eigenvalue weighted by atomic mass is 10.2. The summed E-state index contributed by atoms with van der Waals surface area (Å²) < 4.78 is 26.1. The summed E-state index contributed by atoms with van der Waals surface area (Å²) in [6, 6.07) is 2.22. The molecule has 7 heteroatoms. The van der Waals surface area contributed by atoms with E-state index in [1.807, 2.05) is 0 Å². The van der Waals surface area contributed by atoms with Crippen LogP contribution >= 0.6 is 11.6 Å². The molecule has 0 radical (unpaired) electrons. The summed E-state index contributed by atoms with van der Waals surface area (Å²) >= 11 is 5.88. The van der Waals surface area contributed by atoms with Crippen molar-refractivity contribution in [2.24, 2.45) is 0 Å². The number of hydrogen-bond acceptors (Lipinski definition) is 4. The third-order valence-electron chi connectivity index (χ3n) is 2.24. The second kappa shape index (κ2) is 5.22. The number of nitrogens with one attached hydrogen (secondary N) is 1. The van der Waals surface area contributed by atoms with Gasteiger partial charge in [0.25, 0.3) is 0 Å². The van der Waals surface area contributed by atoms with Crippen LogP contribution in [-0.2, 0) is 10.0 Å². The molecule has 0 aliphatic carbocycles. The van der Waals surface area contributed by atoms with E-state index in [2.05, 4.69) is 4.72 Å². The number of aliphatic hydroxyl groups excluding tert-OH is 1. The zero-order chi connectivity index (χ0) is 13.2. The molecule has 1 atom stereocenters. The second-order valence-corrected chi connectivity index (χ2v) is 5.93. The number of aliphatic hydroxyl groups is 1. The summed E-state index contributed by atoms with van der Waals surface area (Å²) in [6.45, 7) is 2.99. The van der Waals surface area contributed by atoms with E-state index in [0.29, 0.717) is 11.3 Å². The smallest absolute Gasteiger partial charge is 0.242 e. The van der Waals surface area contributed by atoms with Crippen LogP contribution in [0.15, 0.2) is 17.0 Å². The van der Waals surface area contributed by atoms with Gasteiger partial charge in [0.15, 0.2) is 0 Å². The summed E-state index contributed by atoms with van der Waals surface area (Å²) in [5, 5.41) is 8.93. The molecule has 0 aliphatic rings. The average Bonchev–Trinajstić information content (AvgIpc) is 2.22. The van der Waals surface area contributed by atoms with Gasteiger partial charge in [-0.05, 0) is 31.5 Å². The molecule has 4 N–H and O–H groups in total. The molecule has 96 valence electrons. The molecule has 0 saturated heterocycles. The maximum atomic E-state index is 11.9. The molecule has 1 aromatic carbocycles. The molecule has 0 amide bonds. The number of aryl methyl sites for hydroxylation is 1. The molecule has 5 nitrogen and oxygen atoms in total. The van der Waals surface area contributed by atoms with Gasteiger partial charge in [-0.25, -0.2) is 13.1 Å². The van der Waals surface area contributed by atoms with E-state index >= 15 is 0 Å². The fourth-order valence-electron chi connectivity index (χ4n) is 1.24. The maximum absolute atomic E-state index is 11.9. The van der Waals surface area contributed by atoms with E-state index < -0.39 is 16.1 Å². The molecule has 0 bridgehead atoms. The van der Waals surface area contributed by atoms with Crippen molar-refractivity contribution in [3.05, 3.63) is 22.7 Å². The summed E-state index contributed by atoms with van der Waals surface area (Å²) in [7, 11) is -3.76. The Bertz CT molecular complexity index is 517. The van der Waals surface area contributed by atoms with Gasteiger partial charge in [-0.3, -0.25) is 0 Å². The van der Waals surface area contributed by atoms with Crippen molar-refractivity contribution in [1.82, 2.24) is 4.72 Å². The van der Waals surface area contributed by atoms with Gasteiger partial charge in [0.2, 0.25) is 10.0 Å². The van der Waals surface area contributed by atoms with E-state index in [1.54, 1.807) is 13.8 Å². The molecular formula is C10H15ClN2O3S. The summed E-state index contributed by atoms with van der Waals surface area (Å²) in [5.74, 6) is 0. The fourth-order valence-corrected chi connectivity index (χ4v) is 3.09. The Kier molecular flexibility index (Phi) is 4.37. The molecule has 0 aromatic heterocycles. The Balaban J connectivity index is 3.20. The van der Waals surface area contributed by atoms with E-state index in [1.165, 1.54) is 12.1 Å². The molecule has 0 spiro atoms. The predicted molar refractivity (Wildman–Crippen MR) is 67.5 cm³/mol. The minimum absolute atomic E-state index is 0.0810. The van der Waals surface area contributed by atoms with Crippen molar-refractivity contribution in [3.8, 4) is 0 Å². The van der Waals surface area contributed by atoms with Crippen molar-refractivity contribution in [1.29, 1.82) is 0 Å². The topological polar surface area (TPSA) is 92.4 Å². The SMILES string of the molecule is Cc1cc(Cl)c(S(=O)(=O)N[C@@H](C)CO)cc1N. The number of nitrogen functional groups attached to an aromatic ring is 1. The molecule has 1 aromatic rings. The number of hydrogen-bond donors (Lipinski definition) is 3. The van der Waals surface area contributed by atoms with Crippen molar-refractivity contribution in [2.45, 2.75) is 24.8 Å². The highest BCUT2D eigenvalue weighted by Crippen LogP contribution is 2.26. The Morgan fingerprint density at radius 3 is 2.65 bits per heavy atom. The van der Waals surface area contributed by atoms with Crippen molar-refractivity contribution < 1.29 is 13.5 Å². The molecule has 1 rings (SSSR count). The van der Waals surface area contributed by atoms with Gasteiger partial charge < -0.3 is 10.8 Å². The quantitative estimate of drug-likeness (QED) is 0.713. The number of sulfonamides is 1. The van der Waals surface area contributed by atoms with Crippen molar-refractivity contribution in [2.75, 3.05) is 12.3 Å². The summed E-state index contributed by atoms with van der Waals surface area (Å²) in [6.07, 6.45) is 0. The lowest BCUT2D eigenvalue weighted by Crippen LogP contribution is -2.35. The molecule has 0 aliphatic heterocycles. The average molecular weight is 279 g/mol. The first-order valence-electron chi connectivity index (χ1n) is 4.96. The minimum atomic E-state index is -3.76. The van der Waals surface area contributed by atoms with Crippen LogP contribution in [0.3, 0.4) is 0 Å². The monoisotopic (exact) mass is 278 g/mol. The largest absolute Gasteiger partial charge is 0.398 e. The Morgan fingerprint density at radius 1 is 1.53 bits per heavy atom. The highest BCUT2D eigenvalue weighted by atomic mass is 35.5. The van der Waals surface area contributed by atoms with Crippen LogP contribution in [0.25, 0.3) is 0 Å². The number of rotatable bonds is 4. The van der Waals surface area contributed by atoms with Crippen LogP contribution in [0.1, 0.15) is 12.5 Å². The number of halogens is 1. The van der Waals surface area contributed by atoms with Crippen LogP contribution < -0.4 is 10.5 Å². The summed E-state index contributed by atoms with van der Waals surface area (Å²) in [5.41, 5.74) is 6.71. The molecular weight excluding hydrogens is 264 g/mol. The lowest BCUT2D eigenvalue weighted by molar-refractivity contribution is 0.265. The minimum Gasteiger partial charge on any atom is -0.398 e. The van der Waals surface area contributed by atoms with E-state index in [4.69, 9.17) is 22.4 Å². The van der Waals surface area contributed by atoms with E-state index in [9.17, 15) is 8.42 Å². The zero-order valence-corrected chi connectivity index (χ0v) is 11.1. The van der Waals surface area contributed by atoms with Crippen molar-refractivity contribution >= 4 is 27.3 Å². The first-order valence-corrected chi connectivity index (χ1v) is 6.83. The molecule has 17 heavy (non-hydrogen) atoms. The first-order chi connectivity index (χ1) is 7.77. The third-order valence-corrected chi connectivity index (χ3v) is 4.29. The highest BCUT2D eigenvalue weighted by Gasteiger charge is 2.21. The second-order valence-electron chi connectivity index (χ2n) is 3.84. The lowest BCUT2D eigenvalue weighted by Gasteiger charge is -2.13. The van der Waals surface area contributed by atoms with Gasteiger partial charge >= 0.3 is 0 Å². The van der Waals surface area contributed by atoms with Gasteiger partial charge in [-0.15, -0.1) is 0 Å². The van der Waals surface area contributed by atoms with Gasteiger partial charge in [-0.1, -0.05) is 11.6 Å². The normalized spacial score (nSPS) is 13.6. The van der Waals surface area contributed by atoms with Crippen LogP contribution in [0, 0.1) is 6.92 Å². The molecule has 0 unspecified atom stereocenters. The zero-order valence-electron chi connectivity index (χ0n) is 9.57. The predicted octanol–water partition coefficient (Wildman–Crippen LogP) is 0.890. The van der Waals surface area contributed by atoms with Crippen LogP contribution in [0.2, 0.25) is 5.02 Å². The van der Waals surface area contributed by atoms with Gasteiger partial charge in [-0.2, -0.15) is 0 Å². The van der Waals surface area contributed by atoms with Crippen LogP contribution in [-0.4, -0.2) is 26.2 Å². The first kappa shape index (κ1) is 14.2. The van der Waals surface area contributed by atoms with E-state index in [-0.39, 0.29) is 16.5 Å². The van der Waals surface area contributed by atoms with Crippen LogP contribution in [0.4, 0.5) is 5.69 Å². The van der Waals surface area contributed by atoms with Gasteiger partial charge in [0, 0.05) is 11.7 Å². The number of benzene rings is 1. The Labute approximate surface area is 106 Å². The van der Waals surface area contributed by atoms with E-state index in [0.717, 1.165) is 0 Å². The maximum Gasteiger partial charge on any atom is 0.242 e. The van der Waals surface area contributed by atoms with Crippen LogP contribution in [0.5, 0.6) is 0 Å². The third kappa shape index (κ3) is 3.32. The Morgan fingerprint density at radius 2 is 2.12 bits per heavy atom. The molecule has 0 heterocycles. The Hall–Kier alpha value is -0.820. The molecule has 0 fully saturated rings. The standard InChI is InChI=1S/C10H15ClN2O3S/c1-6-3-8(11)10(4-9(6)12)17(15,16)13-7(2)5-14/h3-4,7,13-14H,5,12H2,1-2H3/t7-/m0/s1. The van der Waals surface area contributed by atoms with Crippen molar-refractivity contribution in [3.63, 3.8) is 0 Å². The molecule has 0 saturated carbocycles. The fraction of sp³-hybridized carbons (Fsp3) is 0.400. The van der Waals surface area contributed by atoms with Gasteiger partial charge in [0.1, 0.15) is 4.90 Å². The number of anilines is 1. The number of nitrogens with two attached hydrogens (primary N) is 1. The summed E-state index contributed by atoms with van der Waals surface area (Å²) in [4.78, 5) is -0.0810. The van der Waals surface area contributed by atoms with Gasteiger partial charge in [0.05, 0.1) is 11.6 Å².